The van der Waals surface area contributed by atoms with Crippen LogP contribution in [0.15, 0.2) is 63.3 Å². The van der Waals surface area contributed by atoms with Crippen molar-refractivity contribution in [2.24, 2.45) is 18.9 Å². The molecule has 4 aromatic rings. The summed E-state index contributed by atoms with van der Waals surface area (Å²) >= 11 is 1.49. The van der Waals surface area contributed by atoms with Crippen LogP contribution in [0, 0.1) is 11.8 Å². The van der Waals surface area contributed by atoms with Crippen LogP contribution in [0.1, 0.15) is 45.0 Å². The predicted molar refractivity (Wildman–Crippen MR) is 134 cm³/mol. The minimum Gasteiger partial charge on any atom is -0.299 e. The van der Waals surface area contributed by atoms with Gasteiger partial charge in [-0.2, -0.15) is 0 Å². The Labute approximate surface area is 196 Å². The lowest BCUT2D eigenvalue weighted by molar-refractivity contribution is 0.173. The molecule has 2 aromatic carbocycles. The number of fused-ring (bicyclic) bond motifs is 2. The van der Waals surface area contributed by atoms with Crippen molar-refractivity contribution in [2.75, 3.05) is 0 Å². The molecule has 1 saturated carbocycles. The zero-order valence-electron chi connectivity index (χ0n) is 19.2. The summed E-state index contributed by atoms with van der Waals surface area (Å²) in [5, 5.41) is 1.97. The van der Waals surface area contributed by atoms with Crippen molar-refractivity contribution in [1.82, 2.24) is 19.1 Å². The van der Waals surface area contributed by atoms with E-state index in [0.29, 0.717) is 50.4 Å². The van der Waals surface area contributed by atoms with Crippen LogP contribution >= 0.6 is 11.8 Å². The van der Waals surface area contributed by atoms with Gasteiger partial charge >= 0.3 is 0 Å². The minimum absolute atomic E-state index is 0.0226. The molecule has 5 rings (SSSR count). The highest BCUT2D eigenvalue weighted by Gasteiger charge is 2.31. The van der Waals surface area contributed by atoms with Crippen LogP contribution in [-0.4, -0.2) is 19.1 Å². The van der Waals surface area contributed by atoms with Crippen LogP contribution in [-0.2, 0) is 12.8 Å². The van der Waals surface area contributed by atoms with Crippen molar-refractivity contribution >= 4 is 33.6 Å². The van der Waals surface area contributed by atoms with Crippen molar-refractivity contribution < 1.29 is 0 Å². The normalized spacial score (nSPS) is 21.0. The molecule has 0 aliphatic heterocycles. The van der Waals surface area contributed by atoms with Gasteiger partial charge in [0.25, 0.3) is 11.1 Å². The Bertz CT molecular complexity index is 1460. The first kappa shape index (κ1) is 21.9. The third-order valence-corrected chi connectivity index (χ3v) is 8.13. The molecule has 1 aliphatic carbocycles. The number of hydrogen-bond acceptors (Lipinski definition) is 5. The summed E-state index contributed by atoms with van der Waals surface area (Å²) in [6.45, 7) is 4.52. The first-order chi connectivity index (χ1) is 16.0. The van der Waals surface area contributed by atoms with Crippen molar-refractivity contribution in [3.63, 3.8) is 0 Å². The average Bonchev–Trinajstić information content (AvgIpc) is 2.83. The maximum Gasteiger partial charge on any atom is 0.262 e. The molecule has 170 valence electrons. The van der Waals surface area contributed by atoms with Crippen LogP contribution in [0.3, 0.4) is 0 Å². The number of thioether (sulfide) groups is 1. The van der Waals surface area contributed by atoms with Gasteiger partial charge in [0.1, 0.15) is 5.82 Å². The molecular weight excluding hydrogens is 432 g/mol. The van der Waals surface area contributed by atoms with Gasteiger partial charge in [-0.05, 0) is 42.5 Å². The molecule has 0 bridgehead atoms. The minimum atomic E-state index is -0.0604. The van der Waals surface area contributed by atoms with E-state index in [1.165, 1.54) is 18.2 Å². The molecule has 0 amide bonds. The molecule has 2 heterocycles. The molecule has 3 unspecified atom stereocenters. The zero-order chi connectivity index (χ0) is 23.1. The summed E-state index contributed by atoms with van der Waals surface area (Å²) < 4.78 is 3.52. The summed E-state index contributed by atoms with van der Waals surface area (Å²) in [5.74, 6) is 2.07. The topological polar surface area (TPSA) is 69.8 Å². The van der Waals surface area contributed by atoms with E-state index in [2.05, 4.69) is 13.8 Å². The third-order valence-electron chi connectivity index (χ3n) is 7.18. The Morgan fingerprint density at radius 1 is 0.909 bits per heavy atom. The Morgan fingerprint density at radius 3 is 2.27 bits per heavy atom. The van der Waals surface area contributed by atoms with Crippen molar-refractivity contribution in [3.8, 4) is 0 Å². The third kappa shape index (κ3) is 3.88. The van der Waals surface area contributed by atoms with E-state index in [1.807, 2.05) is 47.0 Å². The van der Waals surface area contributed by atoms with Crippen LogP contribution < -0.4 is 11.1 Å². The molecule has 1 fully saturated rings. The number of para-hydroxylation sites is 2. The maximum atomic E-state index is 13.6. The molecule has 2 aromatic heterocycles. The van der Waals surface area contributed by atoms with E-state index in [-0.39, 0.29) is 17.2 Å². The standard InChI is InChI=1S/C26H28N4O2S/c1-16-9-8-14-22(17(16)2)30-25(32)19-11-5-7-13-21(19)28-26(30)33-15-23-27-20-12-6-4-10-18(20)24(31)29(23)3/h4-7,10-13,16-17,22H,8-9,14-15H2,1-3H3. The lowest BCUT2D eigenvalue weighted by atomic mass is 9.78. The van der Waals surface area contributed by atoms with Gasteiger partial charge in [-0.3, -0.25) is 18.7 Å². The Morgan fingerprint density at radius 2 is 1.55 bits per heavy atom. The van der Waals surface area contributed by atoms with Crippen molar-refractivity contribution in [1.29, 1.82) is 0 Å². The van der Waals surface area contributed by atoms with Gasteiger partial charge in [0.15, 0.2) is 5.16 Å². The van der Waals surface area contributed by atoms with E-state index in [0.717, 1.165) is 12.8 Å². The van der Waals surface area contributed by atoms with Crippen LogP contribution in [0.2, 0.25) is 0 Å². The lowest BCUT2D eigenvalue weighted by Gasteiger charge is -2.36. The number of nitrogens with zero attached hydrogens (tertiary/aromatic N) is 4. The smallest absolute Gasteiger partial charge is 0.262 e. The summed E-state index contributed by atoms with van der Waals surface area (Å²) in [6.07, 6.45) is 3.28. The molecule has 33 heavy (non-hydrogen) atoms. The zero-order valence-corrected chi connectivity index (χ0v) is 20.0. The summed E-state index contributed by atoms with van der Waals surface area (Å²) in [7, 11) is 1.75. The maximum absolute atomic E-state index is 13.6. The quantitative estimate of drug-likeness (QED) is 0.319. The molecule has 0 radical (unpaired) electrons. The molecule has 3 atom stereocenters. The van der Waals surface area contributed by atoms with Gasteiger partial charge in [0.05, 0.1) is 27.6 Å². The Kier molecular flexibility index (Phi) is 5.83. The van der Waals surface area contributed by atoms with Crippen LogP contribution in [0.25, 0.3) is 21.8 Å². The Hall–Kier alpha value is -2.93. The lowest BCUT2D eigenvalue weighted by Crippen LogP contribution is -2.35. The highest BCUT2D eigenvalue weighted by Crippen LogP contribution is 2.39. The largest absolute Gasteiger partial charge is 0.299 e. The highest BCUT2D eigenvalue weighted by molar-refractivity contribution is 7.98. The van der Waals surface area contributed by atoms with Crippen LogP contribution in [0.5, 0.6) is 0 Å². The fourth-order valence-electron chi connectivity index (χ4n) is 4.96. The van der Waals surface area contributed by atoms with Gasteiger partial charge in [0, 0.05) is 13.1 Å². The van der Waals surface area contributed by atoms with E-state index in [1.54, 1.807) is 17.7 Å². The van der Waals surface area contributed by atoms with Gasteiger partial charge in [-0.15, -0.1) is 0 Å². The van der Waals surface area contributed by atoms with Gasteiger partial charge in [0.2, 0.25) is 0 Å². The van der Waals surface area contributed by atoms with E-state index in [9.17, 15) is 9.59 Å². The summed E-state index contributed by atoms with van der Waals surface area (Å²) in [5.41, 5.74) is 1.36. The average molecular weight is 461 g/mol. The van der Waals surface area contributed by atoms with Crippen molar-refractivity contribution in [2.45, 2.75) is 50.1 Å². The van der Waals surface area contributed by atoms with E-state index < -0.39 is 0 Å². The predicted octanol–water partition coefficient (Wildman–Crippen LogP) is 4.93. The Balaban J connectivity index is 1.60. The number of aromatic nitrogens is 4. The van der Waals surface area contributed by atoms with Gasteiger partial charge in [-0.25, -0.2) is 9.97 Å². The summed E-state index contributed by atoms with van der Waals surface area (Å²) in [4.78, 5) is 36.1. The molecular formula is C26H28N4O2S. The van der Waals surface area contributed by atoms with Crippen molar-refractivity contribution in [3.05, 3.63) is 75.1 Å². The highest BCUT2D eigenvalue weighted by atomic mass is 32.2. The fourth-order valence-corrected chi connectivity index (χ4v) is 6.00. The molecule has 0 N–H and O–H groups in total. The molecule has 6 nitrogen and oxygen atoms in total. The monoisotopic (exact) mass is 460 g/mol. The molecule has 7 heteroatoms. The number of benzene rings is 2. The SMILES string of the molecule is CC1CCCC(n2c(SCc3nc4ccccc4c(=O)n3C)nc3ccccc3c2=O)C1C. The van der Waals surface area contributed by atoms with Gasteiger partial charge < -0.3 is 0 Å². The van der Waals surface area contributed by atoms with Crippen LogP contribution in [0.4, 0.5) is 0 Å². The molecule has 0 saturated heterocycles. The number of hydrogen-bond donors (Lipinski definition) is 0. The fraction of sp³-hybridized carbons (Fsp3) is 0.385. The summed E-state index contributed by atoms with van der Waals surface area (Å²) in [6, 6.07) is 15.1. The van der Waals surface area contributed by atoms with E-state index in [4.69, 9.17) is 9.97 Å². The second-order valence-corrected chi connectivity index (χ2v) is 10.1. The number of rotatable bonds is 4. The second kappa shape index (κ2) is 8.78. The molecule has 1 aliphatic rings. The van der Waals surface area contributed by atoms with Gasteiger partial charge in [-0.1, -0.05) is 62.7 Å². The molecule has 0 spiro atoms. The first-order valence-corrected chi connectivity index (χ1v) is 12.5. The second-order valence-electron chi connectivity index (χ2n) is 9.12. The van der Waals surface area contributed by atoms with E-state index >= 15 is 0 Å². The first-order valence-electron chi connectivity index (χ1n) is 11.5.